The number of hydrogen-bond donors (Lipinski definition) is 2. The number of hydrogen-bond acceptors (Lipinski definition) is 4. The highest BCUT2D eigenvalue weighted by atomic mass is 32.1. The van der Waals surface area contributed by atoms with Crippen LogP contribution in [-0.4, -0.2) is 21.8 Å². The van der Waals surface area contributed by atoms with E-state index < -0.39 is 0 Å². The lowest BCUT2D eigenvalue weighted by atomic mass is 10.1. The van der Waals surface area contributed by atoms with Crippen LogP contribution in [-0.2, 0) is 19.6 Å². The molecular formula is C30H26N4O2S. The molecule has 1 heterocycles. The van der Waals surface area contributed by atoms with E-state index in [9.17, 15) is 9.59 Å². The van der Waals surface area contributed by atoms with Gasteiger partial charge in [0.2, 0.25) is 0 Å². The standard InChI is InChI=1S/C30H26N4O2S/c35-29(31-18-22-10-3-1-4-11-22)27-21-37-28(32-27)20-34(19-23-12-5-2-6-13-23)30(36)33-26-17-9-15-24-14-7-8-16-25(24)26/h1-17,21H,18-20H2,(H,31,35)(H,33,36). The minimum atomic E-state index is -0.235. The second-order valence-electron chi connectivity index (χ2n) is 8.59. The van der Waals surface area contributed by atoms with Crippen LogP contribution >= 0.6 is 11.3 Å². The normalized spacial score (nSPS) is 10.7. The minimum Gasteiger partial charge on any atom is -0.347 e. The molecule has 0 radical (unpaired) electrons. The van der Waals surface area contributed by atoms with Gasteiger partial charge in [0.15, 0.2) is 0 Å². The summed E-state index contributed by atoms with van der Waals surface area (Å²) in [5.74, 6) is -0.235. The van der Waals surface area contributed by atoms with Crippen LogP contribution in [0.5, 0.6) is 0 Å². The Kier molecular flexibility index (Phi) is 7.52. The minimum absolute atomic E-state index is 0.231. The number of nitrogens with zero attached hydrogens (tertiary/aromatic N) is 2. The summed E-state index contributed by atoms with van der Waals surface area (Å²) in [5, 5.41) is 10.4. The summed E-state index contributed by atoms with van der Waals surface area (Å²) in [4.78, 5) is 32.4. The van der Waals surface area contributed by atoms with E-state index in [4.69, 9.17) is 0 Å². The van der Waals surface area contributed by atoms with Crippen LogP contribution in [0.25, 0.3) is 10.8 Å². The van der Waals surface area contributed by atoms with Crippen molar-refractivity contribution in [1.29, 1.82) is 0 Å². The lowest BCUT2D eigenvalue weighted by Gasteiger charge is -2.23. The highest BCUT2D eigenvalue weighted by molar-refractivity contribution is 7.09. The summed E-state index contributed by atoms with van der Waals surface area (Å²) < 4.78 is 0. The van der Waals surface area contributed by atoms with Crippen molar-refractivity contribution >= 4 is 39.7 Å². The molecule has 184 valence electrons. The summed E-state index contributed by atoms with van der Waals surface area (Å²) >= 11 is 1.37. The quantitative estimate of drug-likeness (QED) is 0.254. The Morgan fingerprint density at radius 1 is 0.757 bits per heavy atom. The average molecular weight is 507 g/mol. The van der Waals surface area contributed by atoms with Crippen LogP contribution in [0.2, 0.25) is 0 Å². The predicted octanol–water partition coefficient (Wildman–Crippen LogP) is 6.46. The van der Waals surface area contributed by atoms with Crippen LogP contribution in [0.15, 0.2) is 109 Å². The average Bonchev–Trinajstić information content (AvgIpc) is 3.41. The number of carbonyl (C=O) groups excluding carboxylic acids is 2. The molecule has 0 atom stereocenters. The van der Waals surface area contributed by atoms with Gasteiger partial charge in [-0.1, -0.05) is 97.1 Å². The number of amides is 3. The summed E-state index contributed by atoms with van der Waals surface area (Å²) in [6.45, 7) is 1.12. The Bertz CT molecular complexity index is 1500. The van der Waals surface area contributed by atoms with Crippen molar-refractivity contribution in [2.75, 3.05) is 5.32 Å². The van der Waals surface area contributed by atoms with Gasteiger partial charge in [0.05, 0.1) is 12.2 Å². The van der Waals surface area contributed by atoms with Crippen molar-refractivity contribution in [2.24, 2.45) is 0 Å². The van der Waals surface area contributed by atoms with Crippen molar-refractivity contribution in [2.45, 2.75) is 19.6 Å². The third-order valence-electron chi connectivity index (χ3n) is 5.94. The fourth-order valence-electron chi connectivity index (χ4n) is 4.05. The van der Waals surface area contributed by atoms with Gasteiger partial charge in [0, 0.05) is 23.9 Å². The molecule has 2 N–H and O–H groups in total. The molecule has 37 heavy (non-hydrogen) atoms. The van der Waals surface area contributed by atoms with E-state index in [0.717, 1.165) is 27.6 Å². The van der Waals surface area contributed by atoms with Crippen molar-refractivity contribution in [3.05, 3.63) is 130 Å². The topological polar surface area (TPSA) is 74.3 Å². The molecular weight excluding hydrogens is 480 g/mol. The van der Waals surface area contributed by atoms with E-state index in [2.05, 4.69) is 15.6 Å². The van der Waals surface area contributed by atoms with Crippen molar-refractivity contribution in [1.82, 2.24) is 15.2 Å². The van der Waals surface area contributed by atoms with Gasteiger partial charge in [-0.2, -0.15) is 0 Å². The summed E-state index contributed by atoms with van der Waals surface area (Å²) in [6.07, 6.45) is 0. The lowest BCUT2D eigenvalue weighted by molar-refractivity contribution is 0.0946. The predicted molar refractivity (Wildman–Crippen MR) is 148 cm³/mol. The molecule has 3 amide bonds. The van der Waals surface area contributed by atoms with Gasteiger partial charge in [-0.05, 0) is 22.6 Å². The number of benzene rings is 4. The van der Waals surface area contributed by atoms with Gasteiger partial charge in [-0.15, -0.1) is 11.3 Å². The Balaban J connectivity index is 1.31. The monoisotopic (exact) mass is 506 g/mol. The van der Waals surface area contributed by atoms with Gasteiger partial charge in [-0.25, -0.2) is 9.78 Å². The third kappa shape index (κ3) is 6.20. The first kappa shape index (κ1) is 24.2. The molecule has 7 heteroatoms. The number of aromatic nitrogens is 1. The summed E-state index contributed by atoms with van der Waals surface area (Å²) in [7, 11) is 0. The molecule has 0 aliphatic heterocycles. The third-order valence-corrected chi connectivity index (χ3v) is 6.77. The number of thiazole rings is 1. The molecule has 5 aromatic rings. The second-order valence-corrected chi connectivity index (χ2v) is 9.54. The molecule has 4 aromatic carbocycles. The second kappa shape index (κ2) is 11.5. The fraction of sp³-hybridized carbons (Fsp3) is 0.100. The zero-order valence-electron chi connectivity index (χ0n) is 20.1. The first-order chi connectivity index (χ1) is 18.2. The van der Waals surface area contributed by atoms with Crippen LogP contribution in [0.3, 0.4) is 0 Å². The molecule has 0 aliphatic rings. The number of anilines is 1. The maximum Gasteiger partial charge on any atom is 0.322 e. The highest BCUT2D eigenvalue weighted by Crippen LogP contribution is 2.24. The van der Waals surface area contributed by atoms with Crippen molar-refractivity contribution in [3.63, 3.8) is 0 Å². The molecule has 0 aliphatic carbocycles. The summed E-state index contributed by atoms with van der Waals surface area (Å²) in [5.41, 5.74) is 3.13. The Labute approximate surface area is 219 Å². The zero-order valence-corrected chi connectivity index (χ0v) is 20.9. The van der Waals surface area contributed by atoms with Gasteiger partial charge in [-0.3, -0.25) is 4.79 Å². The molecule has 0 spiro atoms. The molecule has 1 aromatic heterocycles. The van der Waals surface area contributed by atoms with Crippen LogP contribution in [0, 0.1) is 0 Å². The lowest BCUT2D eigenvalue weighted by Crippen LogP contribution is -2.34. The van der Waals surface area contributed by atoms with E-state index in [1.807, 2.05) is 103 Å². The number of rotatable bonds is 8. The summed E-state index contributed by atoms with van der Waals surface area (Å²) in [6, 6.07) is 33.1. The van der Waals surface area contributed by atoms with Crippen LogP contribution < -0.4 is 10.6 Å². The van der Waals surface area contributed by atoms with Gasteiger partial charge >= 0.3 is 6.03 Å². The number of carbonyl (C=O) groups is 2. The SMILES string of the molecule is O=C(NCc1ccccc1)c1csc(CN(Cc2ccccc2)C(=O)Nc2cccc3ccccc23)n1. The molecule has 0 bridgehead atoms. The molecule has 6 nitrogen and oxygen atoms in total. The maximum absolute atomic E-state index is 13.5. The van der Waals surface area contributed by atoms with Crippen LogP contribution in [0.1, 0.15) is 26.6 Å². The van der Waals surface area contributed by atoms with E-state index >= 15 is 0 Å². The highest BCUT2D eigenvalue weighted by Gasteiger charge is 2.19. The van der Waals surface area contributed by atoms with Crippen molar-refractivity contribution < 1.29 is 9.59 Å². The first-order valence-electron chi connectivity index (χ1n) is 12.0. The Hall–Kier alpha value is -4.49. The maximum atomic E-state index is 13.5. The van der Waals surface area contributed by atoms with Crippen molar-refractivity contribution in [3.8, 4) is 0 Å². The largest absolute Gasteiger partial charge is 0.347 e. The van der Waals surface area contributed by atoms with E-state index in [1.165, 1.54) is 11.3 Å². The first-order valence-corrected chi connectivity index (χ1v) is 12.9. The van der Waals surface area contributed by atoms with Gasteiger partial charge in [0.25, 0.3) is 5.91 Å². The number of nitrogens with one attached hydrogen (secondary N) is 2. The van der Waals surface area contributed by atoms with E-state index in [-0.39, 0.29) is 18.5 Å². The molecule has 0 saturated heterocycles. The number of urea groups is 1. The molecule has 0 saturated carbocycles. The Morgan fingerprint density at radius 3 is 2.22 bits per heavy atom. The van der Waals surface area contributed by atoms with Crippen LogP contribution in [0.4, 0.5) is 10.5 Å². The van der Waals surface area contributed by atoms with E-state index in [1.54, 1.807) is 10.3 Å². The van der Waals surface area contributed by atoms with Gasteiger partial charge < -0.3 is 15.5 Å². The fourth-order valence-corrected chi connectivity index (χ4v) is 4.84. The molecule has 0 fully saturated rings. The zero-order chi connectivity index (χ0) is 25.5. The van der Waals surface area contributed by atoms with Gasteiger partial charge in [0.1, 0.15) is 10.7 Å². The molecule has 5 rings (SSSR count). The number of fused-ring (bicyclic) bond motifs is 1. The van der Waals surface area contributed by atoms with E-state index in [0.29, 0.717) is 23.8 Å². The Morgan fingerprint density at radius 2 is 1.43 bits per heavy atom. The smallest absolute Gasteiger partial charge is 0.322 e. The molecule has 0 unspecified atom stereocenters.